The Labute approximate surface area is 132 Å². The Kier molecular flexibility index (Phi) is 2.93. The van der Waals surface area contributed by atoms with E-state index in [0.29, 0.717) is 0 Å². The van der Waals surface area contributed by atoms with Gasteiger partial charge in [0.1, 0.15) is 5.15 Å². The molecule has 1 aliphatic rings. The average molecular weight is 342 g/mol. The van der Waals surface area contributed by atoms with Gasteiger partial charge in [-0.25, -0.2) is 27.1 Å². The molecule has 0 N–H and O–H groups in total. The van der Waals surface area contributed by atoms with Crippen molar-refractivity contribution in [3.05, 3.63) is 64.6 Å². The van der Waals surface area contributed by atoms with E-state index in [9.17, 15) is 17.6 Å². The van der Waals surface area contributed by atoms with Gasteiger partial charge in [-0.1, -0.05) is 17.7 Å². The number of hydrogen-bond acceptors (Lipinski definition) is 2. The predicted molar refractivity (Wildman–Crippen MR) is 74.8 cm³/mol. The van der Waals surface area contributed by atoms with Crippen LogP contribution >= 0.6 is 11.6 Å². The summed E-state index contributed by atoms with van der Waals surface area (Å²) in [5.74, 6) is -7.78. The average Bonchev–Trinajstić information content (AvgIpc) is 2.82. The largest absolute Gasteiger partial charge is 0.263 e. The SMILES string of the molecule is Fc1ccc([C@@H]2[C@@H](c3cc(Cl)nn4ccnc34)C2(F)F)cc1F. The summed E-state index contributed by atoms with van der Waals surface area (Å²) < 4.78 is 56.3. The van der Waals surface area contributed by atoms with Crippen LogP contribution in [0.5, 0.6) is 0 Å². The van der Waals surface area contributed by atoms with Gasteiger partial charge in [-0.3, -0.25) is 0 Å². The molecule has 4 rings (SSSR count). The normalized spacial score (nSPS) is 22.5. The van der Waals surface area contributed by atoms with Crippen molar-refractivity contribution in [3.8, 4) is 0 Å². The Morgan fingerprint density at radius 3 is 2.61 bits per heavy atom. The fraction of sp³-hybridized carbons (Fsp3) is 0.200. The first-order valence-corrected chi connectivity index (χ1v) is 7.10. The number of fused-ring (bicyclic) bond motifs is 1. The van der Waals surface area contributed by atoms with E-state index in [1.54, 1.807) is 0 Å². The molecular weight excluding hydrogens is 334 g/mol. The Morgan fingerprint density at radius 1 is 1.09 bits per heavy atom. The maximum Gasteiger partial charge on any atom is 0.263 e. The molecule has 2 heterocycles. The molecule has 8 heteroatoms. The van der Waals surface area contributed by atoms with Gasteiger partial charge in [0, 0.05) is 18.0 Å². The second-order valence-electron chi connectivity index (χ2n) is 5.42. The fourth-order valence-electron chi connectivity index (χ4n) is 2.97. The van der Waals surface area contributed by atoms with Gasteiger partial charge in [-0.05, 0) is 23.8 Å². The Morgan fingerprint density at radius 2 is 1.87 bits per heavy atom. The first kappa shape index (κ1) is 14.4. The molecular formula is C15H8ClF4N3. The Bertz CT molecular complexity index is 924. The summed E-state index contributed by atoms with van der Waals surface area (Å²) in [6.07, 6.45) is 2.92. The molecule has 118 valence electrons. The Hall–Kier alpha value is -2.15. The van der Waals surface area contributed by atoms with Crippen molar-refractivity contribution in [3.63, 3.8) is 0 Å². The lowest BCUT2D eigenvalue weighted by atomic mass is 10.1. The highest BCUT2D eigenvalue weighted by molar-refractivity contribution is 6.29. The van der Waals surface area contributed by atoms with Gasteiger partial charge in [0.05, 0.1) is 11.8 Å². The molecule has 3 aromatic rings. The first-order valence-electron chi connectivity index (χ1n) is 6.72. The van der Waals surface area contributed by atoms with Crippen molar-refractivity contribution in [1.82, 2.24) is 14.6 Å². The summed E-state index contributed by atoms with van der Waals surface area (Å²) in [6.45, 7) is 0. The van der Waals surface area contributed by atoms with Crippen molar-refractivity contribution >= 4 is 17.2 Å². The molecule has 3 nitrogen and oxygen atoms in total. The zero-order chi connectivity index (χ0) is 16.4. The first-order chi connectivity index (χ1) is 10.9. The summed E-state index contributed by atoms with van der Waals surface area (Å²) >= 11 is 5.87. The molecule has 23 heavy (non-hydrogen) atoms. The fourth-order valence-corrected chi connectivity index (χ4v) is 3.17. The van der Waals surface area contributed by atoms with Crippen LogP contribution in [0.4, 0.5) is 17.6 Å². The van der Waals surface area contributed by atoms with Gasteiger partial charge in [0.15, 0.2) is 17.3 Å². The molecule has 0 amide bonds. The van der Waals surface area contributed by atoms with Crippen molar-refractivity contribution < 1.29 is 17.6 Å². The molecule has 0 aliphatic heterocycles. The number of hydrogen-bond donors (Lipinski definition) is 0. The molecule has 1 aromatic carbocycles. The van der Waals surface area contributed by atoms with Crippen LogP contribution < -0.4 is 0 Å². The van der Waals surface area contributed by atoms with E-state index in [1.807, 2.05) is 0 Å². The number of nitrogens with zero attached hydrogens (tertiary/aromatic N) is 3. The van der Waals surface area contributed by atoms with Crippen LogP contribution in [0.15, 0.2) is 36.7 Å². The lowest BCUT2D eigenvalue weighted by Crippen LogP contribution is -1.99. The van der Waals surface area contributed by atoms with Gasteiger partial charge in [0.25, 0.3) is 5.92 Å². The molecule has 0 saturated heterocycles. The zero-order valence-corrected chi connectivity index (χ0v) is 12.1. The van der Waals surface area contributed by atoms with Crippen LogP contribution in [-0.4, -0.2) is 20.5 Å². The molecule has 0 spiro atoms. The van der Waals surface area contributed by atoms with Crippen molar-refractivity contribution in [2.45, 2.75) is 17.8 Å². The van der Waals surface area contributed by atoms with Gasteiger partial charge in [-0.15, -0.1) is 0 Å². The standard InChI is InChI=1S/C15H8ClF4N3/c16-11-6-8(14-21-3-4-23(14)22-11)13-12(15(13,19)20)7-1-2-9(17)10(18)5-7/h1-6,12-13H/t12-,13-/m1/s1. The summed E-state index contributed by atoms with van der Waals surface area (Å²) in [6, 6.07) is 4.16. The second kappa shape index (κ2) is 4.67. The van der Waals surface area contributed by atoms with Crippen LogP contribution in [-0.2, 0) is 0 Å². The molecule has 1 aliphatic carbocycles. The molecule has 2 atom stereocenters. The third-order valence-corrected chi connectivity index (χ3v) is 4.23. The van der Waals surface area contributed by atoms with Crippen LogP contribution in [0.3, 0.4) is 0 Å². The quantitative estimate of drug-likeness (QED) is 0.655. The van der Waals surface area contributed by atoms with Crippen molar-refractivity contribution in [1.29, 1.82) is 0 Å². The van der Waals surface area contributed by atoms with Crippen molar-refractivity contribution in [2.24, 2.45) is 0 Å². The number of aromatic nitrogens is 3. The van der Waals surface area contributed by atoms with Gasteiger partial charge < -0.3 is 0 Å². The summed E-state index contributed by atoms with van der Waals surface area (Å²) in [7, 11) is 0. The molecule has 1 saturated carbocycles. The van der Waals surface area contributed by atoms with E-state index in [1.165, 1.54) is 29.0 Å². The number of imidazole rings is 1. The number of halogens is 5. The molecule has 2 aromatic heterocycles. The van der Waals surface area contributed by atoms with Crippen molar-refractivity contribution in [2.75, 3.05) is 0 Å². The van der Waals surface area contributed by atoms with Gasteiger partial charge in [-0.2, -0.15) is 5.10 Å². The smallest absolute Gasteiger partial charge is 0.235 e. The maximum absolute atomic E-state index is 14.3. The van der Waals surface area contributed by atoms with E-state index < -0.39 is 29.4 Å². The summed E-state index contributed by atoms with van der Waals surface area (Å²) in [5, 5.41) is 4.00. The van der Waals surface area contributed by atoms with Crippen LogP contribution in [0, 0.1) is 11.6 Å². The monoisotopic (exact) mass is 341 g/mol. The molecule has 0 radical (unpaired) electrons. The van der Waals surface area contributed by atoms with Gasteiger partial charge in [0.2, 0.25) is 0 Å². The minimum Gasteiger partial charge on any atom is -0.235 e. The lowest BCUT2D eigenvalue weighted by molar-refractivity contribution is 0.105. The third kappa shape index (κ3) is 2.10. The van der Waals surface area contributed by atoms with Crippen LogP contribution in [0.2, 0.25) is 5.15 Å². The number of benzene rings is 1. The maximum atomic E-state index is 14.3. The van der Waals surface area contributed by atoms with E-state index >= 15 is 0 Å². The summed E-state index contributed by atoms with van der Waals surface area (Å²) in [5.41, 5.74) is 0.537. The second-order valence-corrected chi connectivity index (χ2v) is 5.81. The Balaban J connectivity index is 1.82. The zero-order valence-electron chi connectivity index (χ0n) is 11.4. The molecule has 1 fully saturated rings. The minimum absolute atomic E-state index is 0.0385. The predicted octanol–water partition coefficient (Wildman–Crippen LogP) is 4.18. The van der Waals surface area contributed by atoms with Crippen LogP contribution in [0.1, 0.15) is 23.0 Å². The number of alkyl halides is 2. The lowest BCUT2D eigenvalue weighted by Gasteiger charge is -2.03. The molecule has 0 bridgehead atoms. The van der Waals surface area contributed by atoms with E-state index in [2.05, 4.69) is 10.1 Å². The van der Waals surface area contributed by atoms with Crippen LogP contribution in [0.25, 0.3) is 5.65 Å². The summed E-state index contributed by atoms with van der Waals surface area (Å²) in [4.78, 5) is 4.02. The van der Waals surface area contributed by atoms with E-state index in [-0.39, 0.29) is 21.9 Å². The minimum atomic E-state index is -3.10. The van der Waals surface area contributed by atoms with Gasteiger partial charge >= 0.3 is 0 Å². The topological polar surface area (TPSA) is 30.2 Å². The highest BCUT2D eigenvalue weighted by atomic mass is 35.5. The highest BCUT2D eigenvalue weighted by Gasteiger charge is 2.70. The third-order valence-electron chi connectivity index (χ3n) is 4.05. The highest BCUT2D eigenvalue weighted by Crippen LogP contribution is 2.67. The number of rotatable bonds is 2. The van der Waals surface area contributed by atoms with E-state index in [0.717, 1.165) is 12.1 Å². The van der Waals surface area contributed by atoms with E-state index in [4.69, 9.17) is 11.6 Å². The molecule has 0 unspecified atom stereocenters.